The molecule has 0 fully saturated rings. The van der Waals surface area contributed by atoms with Gasteiger partial charge in [-0.2, -0.15) is 17.9 Å². The lowest BCUT2D eigenvalue weighted by Crippen LogP contribution is -2.42. The van der Waals surface area contributed by atoms with Crippen molar-refractivity contribution >= 4 is 38.6 Å². The van der Waals surface area contributed by atoms with Gasteiger partial charge in [0, 0.05) is 4.43 Å². The third kappa shape index (κ3) is 6.55. The van der Waals surface area contributed by atoms with Gasteiger partial charge >= 0.3 is 12.1 Å². The Morgan fingerprint density at radius 2 is 1.36 bits per heavy atom. The van der Waals surface area contributed by atoms with Crippen molar-refractivity contribution in [2.45, 2.75) is 28.0 Å². The van der Waals surface area contributed by atoms with Crippen LogP contribution in [0.5, 0.6) is 0 Å². The van der Waals surface area contributed by atoms with Crippen LogP contribution in [0.2, 0.25) is 0 Å². The van der Waals surface area contributed by atoms with Gasteiger partial charge in [0.2, 0.25) is 10.0 Å². The number of nitrogens with one attached hydrogen (secondary N) is 1. The van der Waals surface area contributed by atoms with Gasteiger partial charge in [0.25, 0.3) is 0 Å². The van der Waals surface area contributed by atoms with Crippen LogP contribution >= 0.6 is 22.6 Å². The highest BCUT2D eigenvalue weighted by atomic mass is 127. The molecule has 0 heterocycles. The average Bonchev–Trinajstić information content (AvgIpc) is 2.78. The average molecular weight is 589 g/mol. The molecule has 3 aromatic rings. The molecule has 3 rings (SSSR count). The summed E-state index contributed by atoms with van der Waals surface area (Å²) in [5.41, 5.74) is 2.25. The molecule has 3 aromatic carbocycles. The van der Waals surface area contributed by atoms with Crippen molar-refractivity contribution in [3.8, 4) is 11.1 Å². The molecule has 0 saturated heterocycles. The van der Waals surface area contributed by atoms with Crippen molar-refractivity contribution in [1.82, 2.24) is 4.72 Å². The number of carboxylic acid groups (broad SMARTS) is 1. The van der Waals surface area contributed by atoms with E-state index in [0.717, 1.165) is 45.4 Å². The number of benzene rings is 3. The highest BCUT2D eigenvalue weighted by Gasteiger charge is 2.30. The Bertz CT molecular complexity index is 1210. The van der Waals surface area contributed by atoms with E-state index in [1.807, 2.05) is 24.3 Å². The predicted molar refractivity (Wildman–Crippen MR) is 126 cm³/mol. The molecule has 174 valence electrons. The minimum atomic E-state index is -4.52. The molecule has 0 unspecified atom stereocenters. The van der Waals surface area contributed by atoms with Gasteiger partial charge in [0.15, 0.2) is 0 Å². The summed E-state index contributed by atoms with van der Waals surface area (Å²) < 4.78 is 66.6. The molecule has 0 saturated carbocycles. The molecule has 0 aliphatic rings. The van der Waals surface area contributed by atoms with E-state index < -0.39 is 33.8 Å². The predicted octanol–water partition coefficient (Wildman–Crippen LogP) is 5.28. The second kappa shape index (κ2) is 10.2. The first-order valence-electron chi connectivity index (χ1n) is 9.66. The van der Waals surface area contributed by atoms with Gasteiger partial charge in [-0.05, 0) is 52.9 Å². The first-order valence-corrected chi connectivity index (χ1v) is 12.7. The van der Waals surface area contributed by atoms with Gasteiger partial charge in [-0.3, -0.25) is 4.79 Å². The molecule has 33 heavy (non-hydrogen) atoms. The van der Waals surface area contributed by atoms with Crippen molar-refractivity contribution in [1.29, 1.82) is 0 Å². The number of sulfonamides is 1. The fourth-order valence-corrected chi connectivity index (χ4v) is 4.81. The zero-order chi connectivity index (χ0) is 24.2. The van der Waals surface area contributed by atoms with Crippen LogP contribution in [-0.4, -0.2) is 25.5 Å². The monoisotopic (exact) mass is 589 g/mol. The molecule has 10 heteroatoms. The van der Waals surface area contributed by atoms with Crippen molar-refractivity contribution in [3.63, 3.8) is 0 Å². The number of halogens is 4. The lowest BCUT2D eigenvalue weighted by molar-refractivity contribution is -0.139. The zero-order valence-corrected chi connectivity index (χ0v) is 20.0. The van der Waals surface area contributed by atoms with E-state index in [1.54, 1.807) is 12.1 Å². The van der Waals surface area contributed by atoms with Gasteiger partial charge in [-0.1, -0.05) is 71.1 Å². The first-order chi connectivity index (χ1) is 15.5. The Kier molecular flexibility index (Phi) is 7.80. The van der Waals surface area contributed by atoms with Gasteiger partial charge < -0.3 is 5.11 Å². The molecule has 0 spiro atoms. The van der Waals surface area contributed by atoms with Crippen molar-refractivity contribution in [3.05, 3.63) is 89.5 Å². The summed E-state index contributed by atoms with van der Waals surface area (Å²) in [5.74, 6) is -1.44. The summed E-state index contributed by atoms with van der Waals surface area (Å²) in [5, 5.41) is 9.46. The van der Waals surface area contributed by atoms with Gasteiger partial charge in [-0.25, -0.2) is 8.42 Å². The van der Waals surface area contributed by atoms with Crippen LogP contribution in [0.3, 0.4) is 0 Å². The quantitative estimate of drug-likeness (QED) is 0.277. The second-order valence-corrected chi connectivity index (χ2v) is 9.74. The number of hydrogen-bond donors (Lipinski definition) is 2. The van der Waals surface area contributed by atoms with Gasteiger partial charge in [0.05, 0.1) is 10.5 Å². The maximum absolute atomic E-state index is 12.7. The Morgan fingerprint density at radius 1 is 0.879 bits per heavy atom. The van der Waals surface area contributed by atoms with E-state index in [4.69, 9.17) is 0 Å². The number of carboxylic acids is 1. The summed E-state index contributed by atoms with van der Waals surface area (Å²) in [7, 11) is -4.18. The van der Waals surface area contributed by atoms with E-state index in [1.165, 1.54) is 12.1 Å². The summed E-state index contributed by atoms with van der Waals surface area (Å²) in [6.07, 6.45) is -4.83. The van der Waals surface area contributed by atoms with Crippen LogP contribution in [0.4, 0.5) is 13.2 Å². The summed E-state index contributed by atoms with van der Waals surface area (Å²) in [4.78, 5) is 11.5. The third-order valence-corrected chi connectivity index (χ3v) is 7.29. The fourth-order valence-electron chi connectivity index (χ4n) is 3.11. The van der Waals surface area contributed by atoms with E-state index in [2.05, 4.69) is 27.3 Å². The largest absolute Gasteiger partial charge is 0.480 e. The smallest absolute Gasteiger partial charge is 0.416 e. The molecule has 0 radical (unpaired) electrons. The first kappa shape index (κ1) is 25.2. The summed E-state index contributed by atoms with van der Waals surface area (Å²) >= 11 is 2.26. The maximum Gasteiger partial charge on any atom is 0.416 e. The number of aliphatic carboxylic acids is 1. The highest BCUT2D eigenvalue weighted by molar-refractivity contribution is 14.1. The maximum atomic E-state index is 12.7. The Labute approximate surface area is 202 Å². The van der Waals surface area contributed by atoms with Crippen molar-refractivity contribution in [2.75, 3.05) is 0 Å². The standard InChI is InChI=1S/C23H19F3INO4S/c24-23(25,26)19-9-3-15(4-10-19)13-21(22(29)30)28-33(31,32)20-11-7-18(8-12-20)17-5-1-16(14-27)2-6-17/h1-12,21,28H,13-14H2,(H,29,30)/t21-/m1/s1. The van der Waals surface area contributed by atoms with Crippen LogP contribution in [0.1, 0.15) is 16.7 Å². The van der Waals surface area contributed by atoms with Crippen molar-refractivity contribution in [2.24, 2.45) is 0 Å². The third-order valence-electron chi connectivity index (χ3n) is 4.92. The van der Waals surface area contributed by atoms with E-state index in [-0.39, 0.29) is 16.9 Å². The molecule has 1 atom stereocenters. The molecule has 2 N–H and O–H groups in total. The molecule has 5 nitrogen and oxygen atoms in total. The Hall–Kier alpha value is -2.44. The molecule has 0 amide bonds. The molecule has 0 bridgehead atoms. The van der Waals surface area contributed by atoms with Gasteiger partial charge in [0.1, 0.15) is 6.04 Å². The summed E-state index contributed by atoms with van der Waals surface area (Å²) in [6.45, 7) is 0. The number of carbonyl (C=O) groups is 1. The zero-order valence-electron chi connectivity index (χ0n) is 17.0. The van der Waals surface area contributed by atoms with Gasteiger partial charge in [-0.15, -0.1) is 0 Å². The van der Waals surface area contributed by atoms with Crippen molar-refractivity contribution < 1.29 is 31.5 Å². The second-order valence-electron chi connectivity index (χ2n) is 7.27. The van der Waals surface area contributed by atoms with Crippen LogP contribution in [0, 0.1) is 0 Å². The SMILES string of the molecule is O=C(O)[C@@H](Cc1ccc(C(F)(F)F)cc1)NS(=O)(=O)c1ccc(-c2ccc(CI)cc2)cc1. The minimum Gasteiger partial charge on any atom is -0.480 e. The molecular weight excluding hydrogens is 570 g/mol. The molecule has 0 aromatic heterocycles. The van der Waals surface area contributed by atoms with Crippen LogP contribution in [-0.2, 0) is 31.8 Å². The number of alkyl halides is 4. The molecular formula is C23H19F3INO4S. The van der Waals surface area contributed by atoms with Crippen LogP contribution in [0.25, 0.3) is 11.1 Å². The minimum absolute atomic E-state index is 0.117. The van der Waals surface area contributed by atoms with E-state index in [9.17, 15) is 31.5 Å². The Balaban J connectivity index is 1.75. The topological polar surface area (TPSA) is 83.5 Å². The highest BCUT2D eigenvalue weighted by Crippen LogP contribution is 2.29. The number of rotatable bonds is 8. The summed E-state index contributed by atoms with van der Waals surface area (Å²) in [6, 6.07) is 16.2. The Morgan fingerprint density at radius 3 is 1.82 bits per heavy atom. The van der Waals surface area contributed by atoms with Crippen LogP contribution < -0.4 is 4.72 Å². The molecule has 0 aliphatic carbocycles. The van der Waals surface area contributed by atoms with E-state index in [0.29, 0.717) is 0 Å². The molecule has 0 aliphatic heterocycles. The normalized spacial score (nSPS) is 13.0. The van der Waals surface area contributed by atoms with E-state index >= 15 is 0 Å². The lowest BCUT2D eigenvalue weighted by Gasteiger charge is -2.16. The van der Waals surface area contributed by atoms with Crippen LogP contribution in [0.15, 0.2) is 77.7 Å². The fraction of sp³-hybridized carbons (Fsp3) is 0.174. The lowest BCUT2D eigenvalue weighted by atomic mass is 10.0. The number of hydrogen-bond acceptors (Lipinski definition) is 3.